The van der Waals surface area contributed by atoms with Crippen molar-refractivity contribution in [3.05, 3.63) is 23.9 Å². The molecule has 1 aliphatic heterocycles. The molecule has 1 aliphatic rings. The van der Waals surface area contributed by atoms with Crippen LogP contribution in [0.4, 0.5) is 0 Å². The molecule has 7 heteroatoms. The summed E-state index contributed by atoms with van der Waals surface area (Å²) in [6, 6.07) is -0.361. The normalized spacial score (nSPS) is 18.2. The van der Waals surface area contributed by atoms with E-state index in [0.717, 1.165) is 5.57 Å². The Morgan fingerprint density at radius 2 is 2.11 bits per heavy atom. The highest BCUT2D eigenvalue weighted by Crippen LogP contribution is 2.09. The van der Waals surface area contributed by atoms with Gasteiger partial charge in [0.05, 0.1) is 0 Å². The van der Waals surface area contributed by atoms with E-state index in [4.69, 9.17) is 0 Å². The van der Waals surface area contributed by atoms with Crippen LogP contribution < -0.4 is 10.6 Å². The Labute approximate surface area is 137 Å². The van der Waals surface area contributed by atoms with Crippen LogP contribution in [0.15, 0.2) is 23.9 Å². The summed E-state index contributed by atoms with van der Waals surface area (Å²) in [4.78, 5) is 24.9. The van der Waals surface area contributed by atoms with Crippen molar-refractivity contribution < 1.29 is 9.59 Å². The molecule has 0 aliphatic carbocycles. The molecule has 2 N–H and O–H groups in total. The lowest BCUT2D eigenvalue weighted by Crippen LogP contribution is -2.45. The number of amides is 2. The fraction of sp³-hybridized carbons (Fsp3) is 0.500. The minimum atomic E-state index is -0.361. The van der Waals surface area contributed by atoms with Crippen molar-refractivity contribution >= 4 is 49.0 Å². The van der Waals surface area contributed by atoms with Gasteiger partial charge in [0.25, 0.3) is 0 Å². The van der Waals surface area contributed by atoms with Crippen molar-refractivity contribution in [1.29, 1.82) is 0 Å². The fourth-order valence-corrected chi connectivity index (χ4v) is 1.58. The van der Waals surface area contributed by atoms with Crippen molar-refractivity contribution in [2.45, 2.75) is 19.9 Å². The van der Waals surface area contributed by atoms with Gasteiger partial charge in [-0.15, -0.1) is 0 Å². The van der Waals surface area contributed by atoms with E-state index >= 15 is 0 Å². The molecule has 0 aromatic carbocycles. The number of nitrogens with one attached hydrogen (secondary N) is 2. The molecule has 0 aromatic rings. The average molecular weight is 491 g/mol. The van der Waals surface area contributed by atoms with Crippen LogP contribution in [0.5, 0.6) is 0 Å². The molecule has 108 valence electrons. The standard InChI is InChI=1S/C12H19N3O2.I2/c1-4-14-10-7-9(2)5-6-15(12(10)17)8-11(16)13-3;1-2/h5-7,10,14H,4,8H2,1-3H3,(H,13,16);. The first-order chi connectivity index (χ1) is 9.08. The van der Waals surface area contributed by atoms with Crippen LogP contribution in [-0.2, 0) is 9.59 Å². The maximum atomic E-state index is 12.1. The lowest BCUT2D eigenvalue weighted by Gasteiger charge is -2.21. The van der Waals surface area contributed by atoms with Crippen molar-refractivity contribution in [2.75, 3.05) is 20.1 Å². The van der Waals surface area contributed by atoms with Gasteiger partial charge < -0.3 is 15.5 Å². The zero-order valence-corrected chi connectivity index (χ0v) is 15.6. The predicted molar refractivity (Wildman–Crippen MR) is 94.2 cm³/mol. The summed E-state index contributed by atoms with van der Waals surface area (Å²) in [6.07, 6.45) is 5.35. The van der Waals surface area contributed by atoms with Gasteiger partial charge in [0.15, 0.2) is 0 Å². The molecular formula is C12H19I2N3O2. The molecule has 19 heavy (non-hydrogen) atoms. The Balaban J connectivity index is 0.00000154. The third-order valence-corrected chi connectivity index (χ3v) is 2.51. The van der Waals surface area contributed by atoms with Gasteiger partial charge in [-0.05, 0) is 19.5 Å². The first kappa shape index (κ1) is 18.8. The van der Waals surface area contributed by atoms with E-state index in [1.165, 1.54) is 4.90 Å². The number of carbonyl (C=O) groups excluding carboxylic acids is 2. The molecule has 1 heterocycles. The van der Waals surface area contributed by atoms with Crippen molar-refractivity contribution in [1.82, 2.24) is 15.5 Å². The second kappa shape index (κ2) is 10.6. The number of hydrogen-bond acceptors (Lipinski definition) is 3. The van der Waals surface area contributed by atoms with Crippen molar-refractivity contribution in [3.8, 4) is 0 Å². The Hall–Kier alpha value is -0.160. The van der Waals surface area contributed by atoms with E-state index in [1.807, 2.05) is 26.0 Å². The van der Waals surface area contributed by atoms with Crippen LogP contribution in [-0.4, -0.2) is 42.9 Å². The summed E-state index contributed by atoms with van der Waals surface area (Å²) in [5, 5.41) is 5.59. The smallest absolute Gasteiger partial charge is 0.248 e. The van der Waals surface area contributed by atoms with Crippen molar-refractivity contribution in [3.63, 3.8) is 0 Å². The molecule has 0 bridgehead atoms. The Morgan fingerprint density at radius 1 is 1.47 bits per heavy atom. The quantitative estimate of drug-likeness (QED) is 0.590. The molecule has 0 fully saturated rings. The lowest BCUT2D eigenvalue weighted by molar-refractivity contribution is -0.134. The van der Waals surface area contributed by atoms with Gasteiger partial charge in [0, 0.05) is 50.5 Å². The summed E-state index contributed by atoms with van der Waals surface area (Å²) in [6.45, 7) is 4.62. The Bertz CT molecular complexity index is 370. The number of carbonyl (C=O) groups is 2. The minimum absolute atomic E-state index is 0.0504. The molecule has 5 nitrogen and oxygen atoms in total. The molecular weight excluding hydrogens is 472 g/mol. The van der Waals surface area contributed by atoms with E-state index in [-0.39, 0.29) is 24.4 Å². The minimum Gasteiger partial charge on any atom is -0.358 e. The van der Waals surface area contributed by atoms with Crippen molar-refractivity contribution in [2.24, 2.45) is 0 Å². The molecule has 0 saturated carbocycles. The summed E-state index contributed by atoms with van der Waals surface area (Å²) in [5.74, 6) is -0.290. The fourth-order valence-electron chi connectivity index (χ4n) is 1.58. The molecule has 1 atom stereocenters. The summed E-state index contributed by atoms with van der Waals surface area (Å²) < 4.78 is 0. The number of likely N-dealkylation sites (N-methyl/N-ethyl adjacent to an activating group) is 2. The summed E-state index contributed by atoms with van der Waals surface area (Å²) in [5.41, 5.74) is 1.00. The highest BCUT2D eigenvalue weighted by Gasteiger charge is 2.23. The first-order valence-corrected chi connectivity index (χ1v) is 12.1. The highest BCUT2D eigenvalue weighted by atomic mass is 128. The van der Waals surface area contributed by atoms with Crippen LogP contribution in [0.25, 0.3) is 0 Å². The average Bonchev–Trinajstić information content (AvgIpc) is 2.55. The summed E-state index contributed by atoms with van der Waals surface area (Å²) in [7, 11) is 1.56. The number of halogens is 2. The van der Waals surface area contributed by atoms with Crippen LogP contribution >= 0.6 is 37.2 Å². The largest absolute Gasteiger partial charge is 0.358 e. The van der Waals surface area contributed by atoms with Gasteiger partial charge in [-0.3, -0.25) is 9.59 Å². The van der Waals surface area contributed by atoms with Gasteiger partial charge in [-0.2, -0.15) is 0 Å². The summed E-state index contributed by atoms with van der Waals surface area (Å²) >= 11 is 4.24. The molecule has 2 amide bonds. The Kier molecular flexibility index (Phi) is 10.5. The number of rotatable bonds is 4. The van der Waals surface area contributed by atoms with E-state index in [9.17, 15) is 9.59 Å². The number of nitrogens with zero attached hydrogens (tertiary/aromatic N) is 1. The maximum Gasteiger partial charge on any atom is 0.248 e. The van der Waals surface area contributed by atoms with E-state index in [2.05, 4.69) is 47.9 Å². The molecule has 1 unspecified atom stereocenters. The second-order valence-corrected chi connectivity index (χ2v) is 3.90. The number of allylic oxidation sites excluding steroid dienone is 2. The highest BCUT2D eigenvalue weighted by molar-refractivity contribution is 15.0. The molecule has 1 rings (SSSR count). The monoisotopic (exact) mass is 491 g/mol. The van der Waals surface area contributed by atoms with Crippen LogP contribution in [0.3, 0.4) is 0 Å². The predicted octanol–water partition coefficient (Wildman–Crippen LogP) is 1.78. The maximum absolute atomic E-state index is 12.1. The van der Waals surface area contributed by atoms with Gasteiger partial charge in [0.1, 0.15) is 12.6 Å². The van der Waals surface area contributed by atoms with Gasteiger partial charge in [0.2, 0.25) is 11.8 Å². The van der Waals surface area contributed by atoms with Crippen LogP contribution in [0.2, 0.25) is 0 Å². The van der Waals surface area contributed by atoms with E-state index in [0.29, 0.717) is 6.54 Å². The topological polar surface area (TPSA) is 61.4 Å². The SMILES string of the molecule is CCNC1C=C(C)C=CN(CC(=O)NC)C1=O.II. The van der Waals surface area contributed by atoms with E-state index in [1.54, 1.807) is 13.2 Å². The van der Waals surface area contributed by atoms with Crippen LogP contribution in [0.1, 0.15) is 13.8 Å². The molecule has 0 aromatic heterocycles. The third kappa shape index (κ3) is 6.70. The first-order valence-electron chi connectivity index (χ1n) is 5.83. The second-order valence-electron chi connectivity index (χ2n) is 3.90. The molecule has 0 radical (unpaired) electrons. The zero-order chi connectivity index (χ0) is 14.8. The molecule has 0 spiro atoms. The Morgan fingerprint density at radius 3 is 2.63 bits per heavy atom. The van der Waals surface area contributed by atoms with Gasteiger partial charge in [-0.1, -0.05) is 18.6 Å². The third-order valence-electron chi connectivity index (χ3n) is 2.51. The van der Waals surface area contributed by atoms with Gasteiger partial charge in [-0.25, -0.2) is 0 Å². The van der Waals surface area contributed by atoms with Crippen LogP contribution in [0, 0.1) is 0 Å². The van der Waals surface area contributed by atoms with Gasteiger partial charge >= 0.3 is 0 Å². The lowest BCUT2D eigenvalue weighted by atomic mass is 10.2. The van der Waals surface area contributed by atoms with E-state index < -0.39 is 0 Å². The molecule has 0 saturated heterocycles. The zero-order valence-electron chi connectivity index (χ0n) is 11.2. The number of hydrogen-bond donors (Lipinski definition) is 2.